The van der Waals surface area contributed by atoms with Crippen LogP contribution < -0.4 is 0 Å². The normalized spacial score (nSPS) is 9.70. The maximum Gasteiger partial charge on any atom is 0.293 e. The van der Waals surface area contributed by atoms with Gasteiger partial charge in [-0.05, 0) is 11.6 Å². The summed E-state index contributed by atoms with van der Waals surface area (Å²) >= 11 is 2.81. The van der Waals surface area contributed by atoms with E-state index in [1.165, 1.54) is 29.2 Å². The molecule has 0 saturated carbocycles. The third-order valence-corrected chi connectivity index (χ3v) is 3.06. The summed E-state index contributed by atoms with van der Waals surface area (Å²) in [6, 6.07) is 1.52. The van der Waals surface area contributed by atoms with Gasteiger partial charge in [-0.25, -0.2) is 0 Å². The van der Waals surface area contributed by atoms with Crippen LogP contribution in [-0.2, 0) is 0 Å². The lowest BCUT2D eigenvalue weighted by Crippen LogP contribution is -1.84. The van der Waals surface area contributed by atoms with Gasteiger partial charge in [0.05, 0.1) is 4.92 Å². The van der Waals surface area contributed by atoms with Crippen molar-refractivity contribution in [3.63, 3.8) is 0 Å². The Balaban J connectivity index is 3.01. The Kier molecular flexibility index (Phi) is 2.29. The molecule has 1 aromatic heterocycles. The quantitative estimate of drug-likeness (QED) is 0.393. The van der Waals surface area contributed by atoms with E-state index in [9.17, 15) is 10.1 Å². The smallest absolute Gasteiger partial charge is 0.258 e. The van der Waals surface area contributed by atoms with Crippen LogP contribution >= 0.6 is 23.1 Å². The highest BCUT2D eigenvalue weighted by Gasteiger charge is 2.12. The molecule has 0 N–H and O–H groups in total. The lowest BCUT2D eigenvalue weighted by molar-refractivity contribution is -0.387. The van der Waals surface area contributed by atoms with Crippen LogP contribution in [0.5, 0.6) is 0 Å². The number of hydrogen-bond donors (Lipinski definition) is 0. The zero-order valence-electron chi connectivity index (χ0n) is 5.23. The zero-order valence-corrected chi connectivity index (χ0v) is 6.87. The molecule has 54 valence electrons. The highest BCUT2D eigenvalue weighted by Crippen LogP contribution is 2.32. The Labute approximate surface area is 66.2 Å². The van der Waals surface area contributed by atoms with E-state index in [0.29, 0.717) is 0 Å². The maximum atomic E-state index is 10.2. The van der Waals surface area contributed by atoms with Crippen LogP contribution in [0.25, 0.3) is 0 Å². The van der Waals surface area contributed by atoms with Gasteiger partial charge in [0.25, 0.3) is 5.69 Å². The van der Waals surface area contributed by atoms with Crippen LogP contribution in [0.15, 0.2) is 15.7 Å². The highest BCUT2D eigenvalue weighted by atomic mass is 32.2. The summed E-state index contributed by atoms with van der Waals surface area (Å²) in [6.45, 7) is 0. The molecule has 0 bridgehead atoms. The summed E-state index contributed by atoms with van der Waals surface area (Å²) < 4.78 is 0.769. The lowest BCUT2D eigenvalue weighted by Gasteiger charge is -1.87. The maximum absolute atomic E-state index is 10.2. The van der Waals surface area contributed by atoms with Gasteiger partial charge in [-0.15, -0.1) is 23.1 Å². The minimum atomic E-state index is -0.359. The van der Waals surface area contributed by atoms with Crippen LogP contribution in [0.2, 0.25) is 0 Å². The molecule has 0 atom stereocenters. The average Bonchev–Trinajstić information content (AvgIpc) is 2.33. The molecule has 0 aliphatic carbocycles. The van der Waals surface area contributed by atoms with Gasteiger partial charge in [-0.1, -0.05) is 0 Å². The Bertz CT molecular complexity index is 246. The molecule has 0 amide bonds. The lowest BCUT2D eigenvalue weighted by atomic mass is 10.6. The van der Waals surface area contributed by atoms with Crippen molar-refractivity contribution in [2.24, 2.45) is 0 Å². The number of hydrogen-bond acceptors (Lipinski definition) is 4. The Hall–Kier alpha value is -0.550. The molecule has 1 rings (SSSR count). The summed E-state index contributed by atoms with van der Waals surface area (Å²) in [5.74, 6) is 0. The van der Waals surface area contributed by atoms with Gasteiger partial charge in [0.15, 0.2) is 0 Å². The van der Waals surface area contributed by atoms with Gasteiger partial charge in [-0.3, -0.25) is 10.1 Å². The van der Waals surface area contributed by atoms with Crippen molar-refractivity contribution in [1.82, 2.24) is 0 Å². The second kappa shape index (κ2) is 3.03. The van der Waals surface area contributed by atoms with Crippen molar-refractivity contribution in [2.45, 2.75) is 4.21 Å². The standard InChI is InChI=1S/C5H5NO2S2/c1-9-5-4(6(7)8)2-3-10-5/h2-3H,1H3. The first-order valence-electron chi connectivity index (χ1n) is 2.51. The van der Waals surface area contributed by atoms with Gasteiger partial charge in [0.1, 0.15) is 4.21 Å². The molecule has 10 heavy (non-hydrogen) atoms. The van der Waals surface area contributed by atoms with Crippen molar-refractivity contribution in [3.05, 3.63) is 21.6 Å². The largest absolute Gasteiger partial charge is 0.293 e. The van der Waals surface area contributed by atoms with E-state index in [1.54, 1.807) is 5.38 Å². The second-order valence-electron chi connectivity index (χ2n) is 1.55. The summed E-state index contributed by atoms with van der Waals surface area (Å²) in [5.41, 5.74) is 0.220. The SMILES string of the molecule is CSc1sccc1[N+](=O)[O-]. The van der Waals surface area contributed by atoms with Crippen molar-refractivity contribution in [3.8, 4) is 0 Å². The second-order valence-corrected chi connectivity index (χ2v) is 3.55. The van der Waals surface area contributed by atoms with Crippen molar-refractivity contribution < 1.29 is 4.92 Å². The Morgan fingerprint density at radius 1 is 1.80 bits per heavy atom. The average molecular weight is 175 g/mol. The number of nitrogens with zero attached hydrogens (tertiary/aromatic N) is 1. The van der Waals surface area contributed by atoms with E-state index in [1.807, 2.05) is 6.26 Å². The molecule has 0 spiro atoms. The van der Waals surface area contributed by atoms with Gasteiger partial charge in [0.2, 0.25) is 0 Å². The molecule has 0 radical (unpaired) electrons. The van der Waals surface area contributed by atoms with E-state index in [0.717, 1.165) is 4.21 Å². The third-order valence-electron chi connectivity index (χ3n) is 0.992. The van der Waals surface area contributed by atoms with Gasteiger partial charge in [-0.2, -0.15) is 0 Å². The van der Waals surface area contributed by atoms with E-state index < -0.39 is 0 Å². The molecule has 5 heteroatoms. The Morgan fingerprint density at radius 3 is 2.90 bits per heavy atom. The fourth-order valence-corrected chi connectivity index (χ4v) is 2.06. The summed E-state index contributed by atoms with van der Waals surface area (Å²) in [4.78, 5) is 9.88. The predicted molar refractivity (Wildman–Crippen MR) is 42.8 cm³/mol. The van der Waals surface area contributed by atoms with Crippen molar-refractivity contribution in [2.75, 3.05) is 6.26 Å². The fourth-order valence-electron chi connectivity index (χ4n) is 0.577. The number of nitro groups is 1. The van der Waals surface area contributed by atoms with Gasteiger partial charge < -0.3 is 0 Å². The number of rotatable bonds is 2. The molecule has 0 unspecified atom stereocenters. The minimum absolute atomic E-state index is 0.220. The molecular formula is C5H5NO2S2. The Morgan fingerprint density at radius 2 is 2.50 bits per heavy atom. The van der Waals surface area contributed by atoms with E-state index >= 15 is 0 Å². The summed E-state index contributed by atoms with van der Waals surface area (Å²) in [5, 5.41) is 12.0. The fraction of sp³-hybridized carbons (Fsp3) is 0.200. The van der Waals surface area contributed by atoms with E-state index in [-0.39, 0.29) is 10.6 Å². The van der Waals surface area contributed by atoms with Gasteiger partial charge in [0, 0.05) is 6.07 Å². The van der Waals surface area contributed by atoms with Crippen molar-refractivity contribution in [1.29, 1.82) is 0 Å². The first kappa shape index (κ1) is 7.56. The van der Waals surface area contributed by atoms with Crippen LogP contribution in [0.1, 0.15) is 0 Å². The monoisotopic (exact) mass is 175 g/mol. The topological polar surface area (TPSA) is 43.1 Å². The molecule has 1 heterocycles. The van der Waals surface area contributed by atoms with E-state index in [4.69, 9.17) is 0 Å². The molecule has 0 aliphatic rings. The number of thiophene rings is 1. The first-order valence-corrected chi connectivity index (χ1v) is 4.62. The molecular weight excluding hydrogens is 170 g/mol. The number of thioether (sulfide) groups is 1. The zero-order chi connectivity index (χ0) is 7.56. The van der Waals surface area contributed by atoms with Crippen LogP contribution in [0.3, 0.4) is 0 Å². The molecule has 1 aromatic rings. The first-order chi connectivity index (χ1) is 4.75. The van der Waals surface area contributed by atoms with Crippen LogP contribution in [0, 0.1) is 10.1 Å². The molecule has 0 aromatic carbocycles. The van der Waals surface area contributed by atoms with Crippen molar-refractivity contribution >= 4 is 28.8 Å². The third kappa shape index (κ3) is 1.30. The molecule has 3 nitrogen and oxygen atoms in total. The van der Waals surface area contributed by atoms with Gasteiger partial charge >= 0.3 is 0 Å². The van der Waals surface area contributed by atoms with Crippen LogP contribution in [-0.4, -0.2) is 11.2 Å². The highest BCUT2D eigenvalue weighted by molar-refractivity contribution is 8.00. The summed E-state index contributed by atoms with van der Waals surface area (Å²) in [6.07, 6.45) is 1.83. The predicted octanol–water partition coefficient (Wildman–Crippen LogP) is 2.38. The molecule has 0 saturated heterocycles. The van der Waals surface area contributed by atoms with Crippen LogP contribution in [0.4, 0.5) is 5.69 Å². The molecule has 0 aliphatic heterocycles. The molecule has 0 fully saturated rings. The minimum Gasteiger partial charge on any atom is -0.258 e. The van der Waals surface area contributed by atoms with E-state index in [2.05, 4.69) is 0 Å². The summed E-state index contributed by atoms with van der Waals surface area (Å²) in [7, 11) is 0.